The van der Waals surface area contributed by atoms with Gasteiger partial charge in [0.2, 0.25) is 0 Å². The fourth-order valence-corrected chi connectivity index (χ4v) is 37.9. The van der Waals surface area contributed by atoms with Crippen LogP contribution in [0.15, 0.2) is 0 Å². The topological polar surface area (TPSA) is 36.9 Å². The number of hydrogen-bond acceptors (Lipinski definition) is 4. The van der Waals surface area contributed by atoms with Crippen LogP contribution in [0, 0.1) is 0 Å². The summed E-state index contributed by atoms with van der Waals surface area (Å²) in [6, 6.07) is 0. The summed E-state index contributed by atoms with van der Waals surface area (Å²) in [5.41, 5.74) is 4.70. The average Bonchev–Trinajstić information content (AvgIpc) is 3.14. The van der Waals surface area contributed by atoms with E-state index in [-0.39, 0.29) is 0 Å². The molecule has 0 unspecified atom stereocenters. The van der Waals surface area contributed by atoms with Crippen LogP contribution < -0.4 is 0 Å². The van der Waals surface area contributed by atoms with Gasteiger partial charge >= 0.3 is 288 Å². The van der Waals surface area contributed by atoms with Crippen molar-refractivity contribution in [3.63, 3.8) is 0 Å². The normalized spacial score (nSPS) is 27.6. The summed E-state index contributed by atoms with van der Waals surface area (Å²) in [4.78, 5) is 0. The predicted molar refractivity (Wildman–Crippen MR) is 189 cm³/mol. The third-order valence-electron chi connectivity index (χ3n) is 14.6. The summed E-state index contributed by atoms with van der Waals surface area (Å²) in [6.45, 7) is 0. The molecule has 0 aromatic rings. The van der Waals surface area contributed by atoms with Crippen molar-refractivity contribution >= 4 is 16.6 Å². The molecule has 0 atom stereocenters. The van der Waals surface area contributed by atoms with Crippen LogP contribution in [0.25, 0.3) is 0 Å². The van der Waals surface area contributed by atoms with Gasteiger partial charge in [0.25, 0.3) is 0 Å². The zero-order valence-electron chi connectivity index (χ0n) is 29.8. The summed E-state index contributed by atoms with van der Waals surface area (Å²) < 4.78 is 30.6. The van der Waals surface area contributed by atoms with Crippen molar-refractivity contribution in [2.45, 2.75) is 226 Å². The first-order valence-electron chi connectivity index (χ1n) is 20.7. The zero-order valence-corrected chi connectivity index (χ0v) is 33.4. The molecule has 0 N–H and O–H groups in total. The van der Waals surface area contributed by atoms with Crippen LogP contribution >= 0.6 is 0 Å². The second-order valence-electron chi connectivity index (χ2n) is 16.8. The molecular weight excluding hydrogens is 624 g/mol. The van der Waals surface area contributed by atoms with Gasteiger partial charge in [-0.05, 0) is 0 Å². The van der Waals surface area contributed by atoms with Crippen molar-refractivity contribution in [3.8, 4) is 0 Å². The van der Waals surface area contributed by atoms with Crippen molar-refractivity contribution in [3.05, 3.63) is 0 Å². The average molecular weight is 697 g/mol. The monoisotopic (exact) mass is 696 g/mol. The minimum absolute atomic E-state index is 0.784. The van der Waals surface area contributed by atoms with Crippen molar-refractivity contribution in [1.29, 1.82) is 0 Å². The number of hydrogen-bond donors (Lipinski definition) is 0. The first-order valence-corrected chi connectivity index (χ1v) is 27.5. The molecule has 260 valence electrons. The molecular formula is C38H72O4Si2Ti. The van der Waals surface area contributed by atoms with Gasteiger partial charge in [-0.1, -0.05) is 0 Å². The molecule has 6 rings (SSSR count). The molecule has 0 spiro atoms. The number of rotatable bonds is 12. The first-order chi connectivity index (χ1) is 22.2. The Labute approximate surface area is 286 Å². The van der Waals surface area contributed by atoms with E-state index >= 15 is 0 Å². The van der Waals surface area contributed by atoms with Crippen LogP contribution in [0.5, 0.6) is 0 Å². The molecule has 0 heterocycles. The second-order valence-corrected chi connectivity index (χ2v) is 30.3. The third-order valence-corrected chi connectivity index (χ3v) is 34.1. The van der Waals surface area contributed by atoms with Gasteiger partial charge in [0.1, 0.15) is 0 Å². The molecule has 0 aromatic heterocycles. The van der Waals surface area contributed by atoms with Gasteiger partial charge in [0.15, 0.2) is 0 Å². The first kappa shape index (κ1) is 35.8. The minimum atomic E-state index is -4.12. The van der Waals surface area contributed by atoms with Gasteiger partial charge in [-0.3, -0.25) is 0 Å². The van der Waals surface area contributed by atoms with Gasteiger partial charge < -0.3 is 0 Å². The Kier molecular flexibility index (Phi) is 13.7. The maximum absolute atomic E-state index is 8.37. The van der Waals surface area contributed by atoms with Crippen LogP contribution in [-0.2, 0) is 30.8 Å². The molecule has 6 fully saturated rings. The van der Waals surface area contributed by atoms with E-state index in [1.807, 2.05) is 14.2 Å². The molecule has 4 nitrogen and oxygen atoms in total. The van der Waals surface area contributed by atoms with Gasteiger partial charge in [0, 0.05) is 0 Å². The second kappa shape index (κ2) is 17.3. The van der Waals surface area contributed by atoms with Gasteiger partial charge in [-0.2, -0.15) is 0 Å². The standard InChI is InChI=1S/2C18H33OSi.2CH3O.Ti/c2*19-20(16-10-4-1-5-11-16,17-12-6-2-7-13-17)18-14-8-3-9-15-18;2*1-2;/h2*16-18H,1-15H2;2*1H3;/q4*-1;+4. The third kappa shape index (κ3) is 7.84. The summed E-state index contributed by atoms with van der Waals surface area (Å²) in [5.74, 6) is 0. The van der Waals surface area contributed by atoms with E-state index in [2.05, 4.69) is 0 Å². The van der Waals surface area contributed by atoms with E-state index in [9.17, 15) is 0 Å². The SMILES string of the molecule is C[O][Ti]([O]C)([O][Si](C1CCCCC1)(C1CCCCC1)C1CCCCC1)[O][Si](C1CCCCC1)(C1CCCCC1)C1CCCCC1. The van der Waals surface area contributed by atoms with Crippen molar-refractivity contribution in [1.82, 2.24) is 0 Å². The summed E-state index contributed by atoms with van der Waals surface area (Å²) in [5, 5.41) is 0. The Morgan fingerprint density at radius 1 is 0.311 bits per heavy atom. The fraction of sp³-hybridized carbons (Fsp3) is 1.00. The molecule has 0 aliphatic heterocycles. The van der Waals surface area contributed by atoms with E-state index in [0.717, 1.165) is 33.2 Å². The Bertz CT molecular complexity index is 693. The quantitative estimate of drug-likeness (QED) is 0.190. The Morgan fingerprint density at radius 3 is 0.644 bits per heavy atom. The molecule has 7 heteroatoms. The van der Waals surface area contributed by atoms with E-state index in [4.69, 9.17) is 12.7 Å². The molecule has 6 aliphatic carbocycles. The molecule has 0 aromatic carbocycles. The summed E-state index contributed by atoms with van der Waals surface area (Å²) in [6.07, 6.45) is 42.3. The van der Waals surface area contributed by atoms with E-state index in [1.54, 1.807) is 0 Å². The van der Waals surface area contributed by atoms with Crippen LogP contribution in [0.1, 0.15) is 193 Å². The van der Waals surface area contributed by atoms with E-state index < -0.39 is 34.8 Å². The summed E-state index contributed by atoms with van der Waals surface area (Å²) in [7, 11) is -0.618. The van der Waals surface area contributed by atoms with Crippen LogP contribution in [0.2, 0.25) is 33.2 Å². The van der Waals surface area contributed by atoms with Crippen LogP contribution in [0.3, 0.4) is 0 Å². The van der Waals surface area contributed by atoms with Gasteiger partial charge in [-0.15, -0.1) is 0 Å². The molecule has 0 saturated heterocycles. The van der Waals surface area contributed by atoms with E-state index in [1.165, 1.54) is 193 Å². The molecule has 0 amide bonds. The van der Waals surface area contributed by atoms with Crippen LogP contribution in [0.4, 0.5) is 0 Å². The predicted octanol–water partition coefficient (Wildman–Crippen LogP) is 13.0. The van der Waals surface area contributed by atoms with E-state index in [0.29, 0.717) is 0 Å². The van der Waals surface area contributed by atoms with Crippen molar-refractivity contribution in [2.75, 3.05) is 14.2 Å². The van der Waals surface area contributed by atoms with Crippen molar-refractivity contribution < 1.29 is 30.8 Å². The molecule has 0 radical (unpaired) electrons. The Hall–Kier alpha value is 0.988. The molecule has 6 aliphatic rings. The van der Waals surface area contributed by atoms with Crippen LogP contribution in [-0.4, -0.2) is 30.9 Å². The molecule has 45 heavy (non-hydrogen) atoms. The molecule has 0 bridgehead atoms. The van der Waals surface area contributed by atoms with Crippen molar-refractivity contribution in [2.24, 2.45) is 0 Å². The summed E-state index contributed by atoms with van der Waals surface area (Å²) >= 11 is -4.12. The zero-order chi connectivity index (χ0) is 31.0. The fourth-order valence-electron chi connectivity index (χ4n) is 12.5. The van der Waals surface area contributed by atoms with Gasteiger partial charge in [-0.25, -0.2) is 0 Å². The van der Waals surface area contributed by atoms with Gasteiger partial charge in [0.05, 0.1) is 0 Å². The molecule has 6 saturated carbocycles. The Balaban J connectivity index is 1.45. The Morgan fingerprint density at radius 2 is 0.489 bits per heavy atom. The maximum atomic E-state index is 8.37.